The monoisotopic (exact) mass is 249 g/mol. The SMILES string of the molecule is C[Si]O[Si](C)(C)C[Si](C)O[SiH](C)C. The predicted octanol–water partition coefficient (Wildman–Crippen LogP) is 2.04. The maximum Gasteiger partial charge on any atom is 0.211 e. The van der Waals surface area contributed by atoms with Crippen molar-refractivity contribution in [2.24, 2.45) is 0 Å². The molecule has 3 radical (unpaired) electrons. The van der Waals surface area contributed by atoms with Crippen LogP contribution in [0.5, 0.6) is 0 Å². The maximum absolute atomic E-state index is 5.93. The molecule has 0 saturated heterocycles. The van der Waals surface area contributed by atoms with E-state index in [0.717, 1.165) is 0 Å². The van der Waals surface area contributed by atoms with Crippen molar-refractivity contribution in [2.45, 2.75) is 44.9 Å². The predicted molar refractivity (Wildman–Crippen MR) is 66.6 cm³/mol. The molecule has 0 bridgehead atoms. The fraction of sp³-hybridized carbons (Fsp3) is 1.00. The molecule has 0 aromatic rings. The van der Waals surface area contributed by atoms with Crippen LogP contribution in [0.2, 0.25) is 44.9 Å². The quantitative estimate of drug-likeness (QED) is 0.671. The van der Waals surface area contributed by atoms with Crippen molar-refractivity contribution in [2.75, 3.05) is 0 Å². The van der Waals surface area contributed by atoms with E-state index in [1.54, 1.807) is 0 Å². The lowest BCUT2D eigenvalue weighted by Gasteiger charge is -2.25. The van der Waals surface area contributed by atoms with Crippen molar-refractivity contribution in [3.05, 3.63) is 0 Å². The van der Waals surface area contributed by atoms with Gasteiger partial charge in [0.2, 0.25) is 9.76 Å². The van der Waals surface area contributed by atoms with Crippen molar-refractivity contribution < 1.29 is 8.23 Å². The van der Waals surface area contributed by atoms with Crippen molar-refractivity contribution in [3.8, 4) is 0 Å². The smallest absolute Gasteiger partial charge is 0.211 e. The summed E-state index contributed by atoms with van der Waals surface area (Å²) in [5, 5.41) is 0. The molecular weight excluding hydrogens is 228 g/mol. The fourth-order valence-corrected chi connectivity index (χ4v) is 13.6. The first-order chi connectivity index (χ1) is 5.87. The second-order valence-electron chi connectivity index (χ2n) is 4.11. The molecule has 0 aliphatic rings. The van der Waals surface area contributed by atoms with Crippen molar-refractivity contribution >= 4 is 36.2 Å². The summed E-state index contributed by atoms with van der Waals surface area (Å²) in [7, 11) is -2.13. The molecule has 0 aliphatic carbocycles. The molecular formula is C7H21O2Si4. The Morgan fingerprint density at radius 1 is 1.38 bits per heavy atom. The van der Waals surface area contributed by atoms with Gasteiger partial charge in [0.05, 0.1) is 0 Å². The van der Waals surface area contributed by atoms with Crippen LogP contribution in [0.4, 0.5) is 0 Å². The van der Waals surface area contributed by atoms with E-state index >= 15 is 0 Å². The molecule has 0 heterocycles. The van der Waals surface area contributed by atoms with E-state index in [-0.39, 0.29) is 0 Å². The van der Waals surface area contributed by atoms with E-state index < -0.39 is 26.4 Å². The molecule has 0 amide bonds. The van der Waals surface area contributed by atoms with Gasteiger partial charge in [-0.05, 0) is 44.9 Å². The van der Waals surface area contributed by atoms with E-state index in [4.69, 9.17) is 8.23 Å². The Hall–Kier alpha value is 0.788. The Labute approximate surface area is 89.6 Å². The third-order valence-corrected chi connectivity index (χ3v) is 13.4. The summed E-state index contributed by atoms with van der Waals surface area (Å²) in [5.74, 6) is 0. The molecule has 0 atom stereocenters. The first-order valence-corrected chi connectivity index (χ1v) is 14.1. The highest BCUT2D eigenvalue weighted by Gasteiger charge is 2.26. The van der Waals surface area contributed by atoms with Crippen LogP contribution in [0.1, 0.15) is 0 Å². The van der Waals surface area contributed by atoms with Crippen molar-refractivity contribution in [1.29, 1.82) is 0 Å². The first kappa shape index (κ1) is 13.8. The van der Waals surface area contributed by atoms with Gasteiger partial charge in [0.15, 0.2) is 26.4 Å². The molecule has 0 fully saturated rings. The van der Waals surface area contributed by atoms with Gasteiger partial charge in [0.1, 0.15) is 0 Å². The molecule has 13 heavy (non-hydrogen) atoms. The average molecular weight is 250 g/mol. The van der Waals surface area contributed by atoms with Crippen LogP contribution in [0.3, 0.4) is 0 Å². The zero-order valence-corrected chi connectivity index (χ0v) is 13.8. The topological polar surface area (TPSA) is 18.5 Å². The Bertz CT molecular complexity index is 140. The zero-order chi connectivity index (χ0) is 10.5. The third kappa shape index (κ3) is 7.83. The highest BCUT2D eigenvalue weighted by Crippen LogP contribution is 2.13. The first-order valence-electron chi connectivity index (χ1n) is 4.71. The van der Waals surface area contributed by atoms with Gasteiger partial charge in [-0.1, -0.05) is 0 Å². The minimum Gasteiger partial charge on any atom is -0.458 e. The molecule has 2 nitrogen and oxygen atoms in total. The van der Waals surface area contributed by atoms with Gasteiger partial charge in [0.25, 0.3) is 0 Å². The molecule has 0 spiro atoms. The number of rotatable bonds is 6. The van der Waals surface area contributed by atoms with Crippen LogP contribution < -0.4 is 0 Å². The largest absolute Gasteiger partial charge is 0.458 e. The standard InChI is InChI=1S/C7H21O2Si4/c1-10-8-13(5,6)7-12(4)9-11(2)3/h11H,7H2,1-6H3. The lowest BCUT2D eigenvalue weighted by Crippen LogP contribution is -2.38. The highest BCUT2D eigenvalue weighted by molar-refractivity contribution is 6.85. The Morgan fingerprint density at radius 3 is 2.31 bits per heavy atom. The molecule has 0 saturated carbocycles. The average Bonchev–Trinajstić information content (AvgIpc) is 1.81. The van der Waals surface area contributed by atoms with Gasteiger partial charge in [-0.15, -0.1) is 0 Å². The molecule has 6 heteroatoms. The van der Waals surface area contributed by atoms with Crippen LogP contribution in [-0.4, -0.2) is 36.2 Å². The molecule has 0 aromatic heterocycles. The molecule has 0 aliphatic heterocycles. The van der Waals surface area contributed by atoms with Crippen LogP contribution in [0.25, 0.3) is 0 Å². The summed E-state index contributed by atoms with van der Waals surface area (Å²) < 4.78 is 11.7. The lowest BCUT2D eigenvalue weighted by atomic mass is 11.8. The summed E-state index contributed by atoms with van der Waals surface area (Å²) in [6, 6.07) is 0. The Kier molecular flexibility index (Phi) is 6.69. The molecule has 0 aromatic carbocycles. The summed E-state index contributed by atoms with van der Waals surface area (Å²) in [5.41, 5.74) is 1.23. The van der Waals surface area contributed by atoms with Crippen molar-refractivity contribution in [1.82, 2.24) is 0 Å². The van der Waals surface area contributed by atoms with E-state index in [9.17, 15) is 0 Å². The normalized spacial score (nSPS) is 12.9. The van der Waals surface area contributed by atoms with Crippen LogP contribution in [-0.2, 0) is 8.23 Å². The summed E-state index contributed by atoms with van der Waals surface area (Å²) >= 11 is 0. The zero-order valence-electron chi connectivity index (χ0n) is 9.60. The minimum absolute atomic E-state index is 0.565. The van der Waals surface area contributed by atoms with Gasteiger partial charge in [-0.3, -0.25) is 0 Å². The maximum atomic E-state index is 5.93. The molecule has 77 valence electrons. The van der Waals surface area contributed by atoms with Crippen LogP contribution in [0.15, 0.2) is 0 Å². The van der Waals surface area contributed by atoms with E-state index in [1.165, 1.54) is 5.67 Å². The van der Waals surface area contributed by atoms with Crippen LogP contribution in [0, 0.1) is 0 Å². The fourth-order valence-electron chi connectivity index (χ4n) is 1.36. The summed E-state index contributed by atoms with van der Waals surface area (Å²) in [6.45, 7) is 13.4. The van der Waals surface area contributed by atoms with Crippen molar-refractivity contribution in [3.63, 3.8) is 0 Å². The third-order valence-electron chi connectivity index (χ3n) is 1.49. The highest BCUT2D eigenvalue weighted by atomic mass is 28.4. The van der Waals surface area contributed by atoms with Gasteiger partial charge < -0.3 is 8.23 Å². The summed E-state index contributed by atoms with van der Waals surface area (Å²) in [4.78, 5) is 0. The second-order valence-corrected chi connectivity index (χ2v) is 14.7. The molecule has 0 rings (SSSR count). The van der Waals surface area contributed by atoms with E-state index in [2.05, 4.69) is 39.3 Å². The Balaban J connectivity index is 3.81. The minimum atomic E-state index is -1.38. The molecule has 0 unspecified atom stereocenters. The van der Waals surface area contributed by atoms with E-state index in [1.807, 2.05) is 0 Å². The second kappa shape index (κ2) is 6.30. The van der Waals surface area contributed by atoms with Gasteiger partial charge in [0, 0.05) is 0 Å². The van der Waals surface area contributed by atoms with E-state index in [0.29, 0.717) is 9.76 Å². The number of hydrogen-bond donors (Lipinski definition) is 0. The summed E-state index contributed by atoms with van der Waals surface area (Å²) in [6.07, 6.45) is 0. The number of hydrogen-bond acceptors (Lipinski definition) is 2. The van der Waals surface area contributed by atoms with Gasteiger partial charge >= 0.3 is 0 Å². The van der Waals surface area contributed by atoms with Gasteiger partial charge in [-0.25, -0.2) is 0 Å². The lowest BCUT2D eigenvalue weighted by molar-refractivity contribution is 0.578. The van der Waals surface area contributed by atoms with Gasteiger partial charge in [-0.2, -0.15) is 0 Å². The van der Waals surface area contributed by atoms with Crippen LogP contribution >= 0.6 is 0 Å². The Morgan fingerprint density at radius 2 is 1.92 bits per heavy atom. The molecule has 0 N–H and O–H groups in total.